The monoisotopic (exact) mass is 343 g/mol. The average Bonchev–Trinajstić information content (AvgIpc) is 3.34. The molecule has 2 aliphatic heterocycles. The standard InChI is InChI=1S/C17H21N5OS/c23-17(14-3-8-19-21-14)22-9-4-13(5-10-22)16-20-15(11-24-16)12-1-6-18-7-2-12/h1-2,6-7,11,13-14,19,21H,3-5,8-10H2. The number of piperidine rings is 1. The van der Waals surface area contributed by atoms with E-state index in [0.29, 0.717) is 5.92 Å². The van der Waals surface area contributed by atoms with Crippen LogP contribution < -0.4 is 10.9 Å². The molecule has 24 heavy (non-hydrogen) atoms. The van der Waals surface area contributed by atoms with Crippen molar-refractivity contribution in [1.29, 1.82) is 0 Å². The van der Waals surface area contributed by atoms with Crippen molar-refractivity contribution in [2.24, 2.45) is 0 Å². The molecule has 1 atom stereocenters. The highest BCUT2D eigenvalue weighted by molar-refractivity contribution is 7.10. The van der Waals surface area contributed by atoms with Gasteiger partial charge in [-0.1, -0.05) is 0 Å². The summed E-state index contributed by atoms with van der Waals surface area (Å²) in [5.74, 6) is 0.694. The third kappa shape index (κ3) is 3.19. The fourth-order valence-corrected chi connectivity index (χ4v) is 4.37. The number of nitrogens with one attached hydrogen (secondary N) is 2. The number of likely N-dealkylation sites (tertiary alicyclic amines) is 1. The summed E-state index contributed by atoms with van der Waals surface area (Å²) in [5, 5.41) is 3.31. The van der Waals surface area contributed by atoms with E-state index >= 15 is 0 Å². The summed E-state index contributed by atoms with van der Waals surface area (Å²) in [4.78, 5) is 23.3. The van der Waals surface area contributed by atoms with Gasteiger partial charge in [-0.3, -0.25) is 15.2 Å². The molecule has 0 bridgehead atoms. The van der Waals surface area contributed by atoms with Gasteiger partial charge in [0.05, 0.1) is 10.7 Å². The van der Waals surface area contributed by atoms with Gasteiger partial charge in [0.2, 0.25) is 5.91 Å². The normalized spacial score (nSPS) is 22.0. The number of amides is 1. The molecule has 2 N–H and O–H groups in total. The van der Waals surface area contributed by atoms with Gasteiger partial charge in [0.1, 0.15) is 6.04 Å². The molecule has 4 heterocycles. The van der Waals surface area contributed by atoms with Crippen LogP contribution in [-0.4, -0.2) is 46.5 Å². The molecule has 2 aliphatic rings. The van der Waals surface area contributed by atoms with Crippen LogP contribution in [-0.2, 0) is 4.79 Å². The Balaban J connectivity index is 1.38. The molecule has 2 aromatic heterocycles. The maximum Gasteiger partial charge on any atom is 0.241 e. The van der Waals surface area contributed by atoms with E-state index in [2.05, 4.69) is 21.2 Å². The minimum absolute atomic E-state index is 0.0558. The molecule has 1 unspecified atom stereocenters. The molecule has 1 amide bonds. The van der Waals surface area contributed by atoms with Gasteiger partial charge in [0.15, 0.2) is 0 Å². The molecule has 126 valence electrons. The predicted octanol–water partition coefficient (Wildman–Crippen LogP) is 1.78. The van der Waals surface area contributed by atoms with Crippen LogP contribution in [0.15, 0.2) is 29.9 Å². The van der Waals surface area contributed by atoms with Crippen LogP contribution in [0.25, 0.3) is 11.3 Å². The van der Waals surface area contributed by atoms with E-state index in [1.165, 1.54) is 5.01 Å². The molecule has 2 saturated heterocycles. The molecule has 0 spiro atoms. The lowest BCUT2D eigenvalue weighted by Crippen LogP contribution is -2.48. The van der Waals surface area contributed by atoms with Crippen molar-refractivity contribution >= 4 is 17.2 Å². The fourth-order valence-electron chi connectivity index (χ4n) is 3.37. The maximum atomic E-state index is 12.4. The number of carbonyl (C=O) groups is 1. The lowest BCUT2D eigenvalue weighted by atomic mass is 9.97. The summed E-state index contributed by atoms with van der Waals surface area (Å²) < 4.78 is 0. The summed E-state index contributed by atoms with van der Waals surface area (Å²) in [5.41, 5.74) is 8.23. The molecular weight excluding hydrogens is 322 g/mol. The molecule has 0 aliphatic carbocycles. The third-order valence-electron chi connectivity index (χ3n) is 4.79. The van der Waals surface area contributed by atoms with E-state index < -0.39 is 0 Å². The first kappa shape index (κ1) is 15.7. The van der Waals surface area contributed by atoms with Crippen LogP contribution in [0.3, 0.4) is 0 Å². The second kappa shape index (κ2) is 6.96. The van der Waals surface area contributed by atoms with Crippen LogP contribution in [0, 0.1) is 0 Å². The zero-order valence-corrected chi connectivity index (χ0v) is 14.3. The van der Waals surface area contributed by atoms with E-state index in [4.69, 9.17) is 4.98 Å². The van der Waals surface area contributed by atoms with Gasteiger partial charge in [-0.15, -0.1) is 11.3 Å². The number of hydrogen-bond donors (Lipinski definition) is 2. The topological polar surface area (TPSA) is 70.2 Å². The molecule has 4 rings (SSSR count). The predicted molar refractivity (Wildman–Crippen MR) is 93.4 cm³/mol. The molecule has 2 aromatic rings. The Bertz CT molecular complexity index is 690. The summed E-state index contributed by atoms with van der Waals surface area (Å²) in [6.45, 7) is 2.52. The fraction of sp³-hybridized carbons (Fsp3) is 0.471. The third-order valence-corrected chi connectivity index (χ3v) is 5.79. The van der Waals surface area contributed by atoms with Gasteiger partial charge in [-0.25, -0.2) is 10.4 Å². The van der Waals surface area contributed by atoms with Crippen molar-refractivity contribution in [2.45, 2.75) is 31.2 Å². The molecule has 6 nitrogen and oxygen atoms in total. The van der Waals surface area contributed by atoms with E-state index in [1.54, 1.807) is 23.7 Å². The van der Waals surface area contributed by atoms with Crippen LogP contribution in [0.1, 0.15) is 30.2 Å². The largest absolute Gasteiger partial charge is 0.341 e. The molecule has 0 aromatic carbocycles. The van der Waals surface area contributed by atoms with Crippen molar-refractivity contribution in [2.75, 3.05) is 19.6 Å². The van der Waals surface area contributed by atoms with Gasteiger partial charge in [0.25, 0.3) is 0 Å². The number of thiazole rings is 1. The molecule has 7 heteroatoms. The molecule has 2 fully saturated rings. The molecule has 0 saturated carbocycles. The summed E-state index contributed by atoms with van der Waals surface area (Å²) in [7, 11) is 0. The van der Waals surface area contributed by atoms with Crippen LogP contribution in [0.4, 0.5) is 0 Å². The second-order valence-electron chi connectivity index (χ2n) is 6.32. The molecule has 0 radical (unpaired) electrons. The van der Waals surface area contributed by atoms with E-state index in [-0.39, 0.29) is 11.9 Å². The summed E-state index contributed by atoms with van der Waals surface area (Å²) >= 11 is 1.73. The first-order valence-corrected chi connectivity index (χ1v) is 9.32. The number of aromatic nitrogens is 2. The van der Waals surface area contributed by atoms with Crippen molar-refractivity contribution in [3.05, 3.63) is 34.9 Å². The Labute approximate surface area is 145 Å². The van der Waals surface area contributed by atoms with Gasteiger partial charge in [-0.05, 0) is 31.4 Å². The number of rotatable bonds is 3. The second-order valence-corrected chi connectivity index (χ2v) is 7.21. The van der Waals surface area contributed by atoms with Crippen molar-refractivity contribution in [3.63, 3.8) is 0 Å². The van der Waals surface area contributed by atoms with Gasteiger partial charge in [-0.2, -0.15) is 0 Å². The lowest BCUT2D eigenvalue weighted by Gasteiger charge is -2.32. The lowest BCUT2D eigenvalue weighted by molar-refractivity contribution is -0.134. The van der Waals surface area contributed by atoms with Crippen LogP contribution in [0.2, 0.25) is 0 Å². The average molecular weight is 343 g/mol. The van der Waals surface area contributed by atoms with Crippen molar-refractivity contribution in [1.82, 2.24) is 25.7 Å². The Morgan fingerprint density at radius 1 is 1.21 bits per heavy atom. The van der Waals surface area contributed by atoms with Crippen LogP contribution in [0.5, 0.6) is 0 Å². The first-order chi connectivity index (χ1) is 11.8. The number of hydrazine groups is 1. The number of carbonyl (C=O) groups excluding carboxylic acids is 1. The minimum Gasteiger partial charge on any atom is -0.341 e. The Hall–Kier alpha value is -1.83. The zero-order chi connectivity index (χ0) is 16.4. The van der Waals surface area contributed by atoms with Crippen molar-refractivity contribution < 1.29 is 4.79 Å². The van der Waals surface area contributed by atoms with Gasteiger partial charge < -0.3 is 4.90 Å². The van der Waals surface area contributed by atoms with E-state index in [1.807, 2.05) is 17.0 Å². The number of nitrogens with zero attached hydrogens (tertiary/aromatic N) is 3. The highest BCUT2D eigenvalue weighted by Gasteiger charge is 2.31. The zero-order valence-electron chi connectivity index (χ0n) is 13.4. The first-order valence-electron chi connectivity index (χ1n) is 8.44. The SMILES string of the molecule is O=C(C1CCNN1)N1CCC(c2nc(-c3ccncc3)cs2)CC1. The summed E-state index contributed by atoms with van der Waals surface area (Å²) in [6.07, 6.45) is 6.46. The highest BCUT2D eigenvalue weighted by atomic mass is 32.1. The van der Waals surface area contributed by atoms with Gasteiger partial charge in [0, 0.05) is 48.9 Å². The molecular formula is C17H21N5OS. The Kier molecular flexibility index (Phi) is 4.55. The van der Waals surface area contributed by atoms with Crippen molar-refractivity contribution in [3.8, 4) is 11.3 Å². The Morgan fingerprint density at radius 3 is 2.71 bits per heavy atom. The Morgan fingerprint density at radius 2 is 2.00 bits per heavy atom. The summed E-state index contributed by atoms with van der Waals surface area (Å²) in [6, 6.07) is 3.92. The van der Waals surface area contributed by atoms with E-state index in [0.717, 1.165) is 50.2 Å². The van der Waals surface area contributed by atoms with Crippen LogP contribution >= 0.6 is 11.3 Å². The minimum atomic E-state index is -0.0558. The van der Waals surface area contributed by atoms with E-state index in [9.17, 15) is 4.79 Å². The highest BCUT2D eigenvalue weighted by Crippen LogP contribution is 2.33. The smallest absolute Gasteiger partial charge is 0.241 e. The number of pyridine rings is 1. The number of hydrogen-bond acceptors (Lipinski definition) is 6. The maximum absolute atomic E-state index is 12.4. The van der Waals surface area contributed by atoms with Gasteiger partial charge >= 0.3 is 0 Å². The quantitative estimate of drug-likeness (QED) is 0.889.